The van der Waals surface area contributed by atoms with Crippen molar-refractivity contribution in [1.82, 2.24) is 5.32 Å². The SMILES string of the molecule is O=C1N[C@H]2[C@@H]3OP(=O)([O-])O[C@@H]3[C@@H](O)[C@H](O)[C@@H]2c2cc3c(c(O)c21)OCO3.[K+]. The Hall–Kier alpha value is -0.244. The Morgan fingerprint density at radius 1 is 1.19 bits per heavy atom. The van der Waals surface area contributed by atoms with Gasteiger partial charge in [-0.2, -0.15) is 0 Å². The summed E-state index contributed by atoms with van der Waals surface area (Å²) in [7, 11) is -4.67. The Morgan fingerprint density at radius 3 is 2.63 bits per heavy atom. The topological polar surface area (TPSA) is 167 Å². The van der Waals surface area contributed by atoms with E-state index >= 15 is 0 Å². The van der Waals surface area contributed by atoms with E-state index in [0.29, 0.717) is 0 Å². The fourth-order valence-corrected chi connectivity index (χ4v) is 5.25. The summed E-state index contributed by atoms with van der Waals surface area (Å²) < 4.78 is 31.7. The van der Waals surface area contributed by atoms with Crippen LogP contribution in [0.25, 0.3) is 0 Å². The van der Waals surface area contributed by atoms with Crippen LogP contribution >= 0.6 is 7.82 Å². The molecule has 1 unspecified atom stereocenters. The monoisotopic (exact) mass is 425 g/mol. The number of aliphatic hydroxyl groups is 2. The number of fused-ring (bicyclic) bond motifs is 6. The van der Waals surface area contributed by atoms with Crippen LogP contribution in [0, 0.1) is 0 Å². The Balaban J connectivity index is 0.00000180. The van der Waals surface area contributed by atoms with Crippen molar-refractivity contribution >= 4 is 13.7 Å². The minimum atomic E-state index is -4.67. The summed E-state index contributed by atoms with van der Waals surface area (Å²) >= 11 is 0. The van der Waals surface area contributed by atoms with Gasteiger partial charge in [-0.3, -0.25) is 9.36 Å². The number of ether oxygens (including phenoxy) is 2. The molecule has 140 valence electrons. The van der Waals surface area contributed by atoms with Crippen molar-refractivity contribution in [3.05, 3.63) is 17.2 Å². The smallest absolute Gasteiger partial charge is 0.756 e. The molecular formula is C14H13KNO10P. The van der Waals surface area contributed by atoms with Crippen molar-refractivity contribution in [2.24, 2.45) is 0 Å². The zero-order valence-corrected chi connectivity index (χ0v) is 17.9. The van der Waals surface area contributed by atoms with Crippen LogP contribution in [0.4, 0.5) is 0 Å². The van der Waals surface area contributed by atoms with Crippen molar-refractivity contribution in [1.29, 1.82) is 0 Å². The molecule has 1 amide bonds. The Labute approximate surface area is 194 Å². The van der Waals surface area contributed by atoms with Crippen LogP contribution < -0.4 is 71.1 Å². The number of carbonyl (C=O) groups is 1. The van der Waals surface area contributed by atoms with Crippen LogP contribution in [0.15, 0.2) is 6.07 Å². The molecule has 1 aromatic rings. The largest absolute Gasteiger partial charge is 1.00 e. The van der Waals surface area contributed by atoms with E-state index in [-0.39, 0.29) is 80.8 Å². The molecule has 5 rings (SSSR count). The molecule has 2 fully saturated rings. The molecule has 1 saturated carbocycles. The van der Waals surface area contributed by atoms with Crippen molar-refractivity contribution in [2.75, 3.05) is 6.79 Å². The van der Waals surface area contributed by atoms with Crippen LogP contribution in [0.2, 0.25) is 0 Å². The second kappa shape index (κ2) is 6.64. The maximum Gasteiger partial charge on any atom is 1.00 e. The van der Waals surface area contributed by atoms with Gasteiger partial charge < -0.3 is 44.1 Å². The average molecular weight is 425 g/mol. The number of benzene rings is 1. The first kappa shape index (κ1) is 20.0. The van der Waals surface area contributed by atoms with Crippen molar-refractivity contribution in [3.8, 4) is 17.2 Å². The predicted octanol–water partition coefficient (Wildman–Crippen LogP) is -4.69. The zero-order valence-electron chi connectivity index (χ0n) is 13.9. The summed E-state index contributed by atoms with van der Waals surface area (Å²) in [6, 6.07) is 0.430. The third-order valence-corrected chi connectivity index (χ3v) is 6.18. The summed E-state index contributed by atoms with van der Waals surface area (Å²) in [6.07, 6.45) is -5.63. The van der Waals surface area contributed by atoms with Gasteiger partial charge >= 0.3 is 51.4 Å². The first-order valence-electron chi connectivity index (χ1n) is 7.79. The van der Waals surface area contributed by atoms with Gasteiger partial charge in [0.15, 0.2) is 11.5 Å². The molecule has 0 spiro atoms. The molecule has 1 aliphatic carbocycles. The quantitative estimate of drug-likeness (QED) is 0.234. The minimum Gasteiger partial charge on any atom is -0.756 e. The number of hydrogen-bond acceptors (Lipinski definition) is 10. The number of nitrogens with one attached hydrogen (secondary N) is 1. The molecule has 3 heterocycles. The molecule has 1 aromatic carbocycles. The van der Waals surface area contributed by atoms with E-state index in [9.17, 15) is 29.6 Å². The second-order valence-electron chi connectivity index (χ2n) is 6.52. The Morgan fingerprint density at radius 2 is 1.89 bits per heavy atom. The fourth-order valence-electron chi connectivity index (χ4n) is 4.11. The number of hydrogen-bond donors (Lipinski definition) is 4. The van der Waals surface area contributed by atoms with Gasteiger partial charge in [0.05, 0.1) is 17.7 Å². The fraction of sp³-hybridized carbons (Fsp3) is 0.500. The molecule has 0 aromatic heterocycles. The molecule has 3 aliphatic heterocycles. The summed E-state index contributed by atoms with van der Waals surface area (Å²) in [5.41, 5.74) is 0.0613. The maximum atomic E-state index is 12.5. The molecule has 4 aliphatic rings. The van der Waals surface area contributed by atoms with Gasteiger partial charge in [-0.1, -0.05) is 0 Å². The van der Waals surface area contributed by atoms with Gasteiger partial charge in [-0.15, -0.1) is 0 Å². The molecular weight excluding hydrogens is 412 g/mol. The maximum absolute atomic E-state index is 12.5. The third kappa shape index (κ3) is 2.82. The van der Waals surface area contributed by atoms with Crippen LogP contribution in [0.1, 0.15) is 21.8 Å². The van der Waals surface area contributed by atoms with Crippen LogP contribution in [0.3, 0.4) is 0 Å². The van der Waals surface area contributed by atoms with Crippen molar-refractivity contribution < 1.29 is 99.5 Å². The minimum absolute atomic E-state index is 0. The van der Waals surface area contributed by atoms with Crippen molar-refractivity contribution in [2.45, 2.75) is 36.4 Å². The standard InChI is InChI=1S/C14H14NO10P.K/c16-8-5-3-1-4-11(23-2-22-4)9(17)6(3)14(19)15-7(5)12-13(10(8)18)25-26(20,21)24-12;/h1,5,7-8,10,12-13,16-18H,2H2,(H,15,19)(H,20,21);/q;+1/p-1/t5-,7-,8-,10+,12+,13-;/m1./s1. The number of aromatic hydroxyl groups is 1. The molecule has 0 radical (unpaired) electrons. The molecule has 7 atom stereocenters. The molecule has 11 nitrogen and oxygen atoms in total. The summed E-state index contributed by atoms with van der Waals surface area (Å²) in [5, 5.41) is 33.8. The normalized spacial score (nSPS) is 41.1. The number of carbonyl (C=O) groups excluding carboxylic acids is 1. The number of phosphoric ester groups is 1. The molecule has 13 heteroatoms. The first-order chi connectivity index (χ1) is 12.3. The van der Waals surface area contributed by atoms with Gasteiger partial charge in [0.2, 0.25) is 12.5 Å². The number of aliphatic hydroxyl groups excluding tert-OH is 2. The number of rotatable bonds is 0. The van der Waals surface area contributed by atoms with Crippen molar-refractivity contribution in [3.63, 3.8) is 0 Å². The van der Waals surface area contributed by atoms with Crippen LogP contribution in [0.5, 0.6) is 17.2 Å². The van der Waals surface area contributed by atoms with Gasteiger partial charge in [-0.25, -0.2) is 0 Å². The van der Waals surface area contributed by atoms with E-state index in [1.165, 1.54) is 6.07 Å². The van der Waals surface area contributed by atoms with E-state index in [1.807, 2.05) is 0 Å². The number of phenols is 1. The van der Waals surface area contributed by atoms with E-state index < -0.39 is 55.9 Å². The number of phenolic OH excluding ortho intramolecular Hbond substituents is 1. The van der Waals surface area contributed by atoms with Gasteiger partial charge in [-0.05, 0) is 11.6 Å². The Kier molecular flexibility index (Phi) is 4.93. The zero-order chi connectivity index (χ0) is 18.4. The van der Waals surface area contributed by atoms with Crippen LogP contribution in [-0.4, -0.2) is 58.5 Å². The van der Waals surface area contributed by atoms with Gasteiger partial charge in [0.1, 0.15) is 18.3 Å². The van der Waals surface area contributed by atoms with Crippen LogP contribution in [-0.2, 0) is 13.6 Å². The summed E-state index contributed by atoms with van der Waals surface area (Å²) in [4.78, 5) is 24.2. The van der Waals surface area contributed by atoms with Gasteiger partial charge in [0.25, 0.3) is 13.7 Å². The first-order valence-corrected chi connectivity index (χ1v) is 9.25. The summed E-state index contributed by atoms with van der Waals surface area (Å²) in [6.45, 7) is -0.145. The van der Waals surface area contributed by atoms with E-state index in [1.54, 1.807) is 0 Å². The van der Waals surface area contributed by atoms with E-state index in [4.69, 9.17) is 18.5 Å². The molecule has 1 saturated heterocycles. The van der Waals surface area contributed by atoms with Gasteiger partial charge in [0, 0.05) is 5.92 Å². The molecule has 27 heavy (non-hydrogen) atoms. The van der Waals surface area contributed by atoms with E-state index in [0.717, 1.165) is 0 Å². The number of amides is 1. The molecule has 0 bridgehead atoms. The van der Waals surface area contributed by atoms with E-state index in [2.05, 4.69) is 5.32 Å². The third-order valence-electron chi connectivity index (χ3n) is 5.17. The Bertz CT molecular complexity index is 880. The summed E-state index contributed by atoms with van der Waals surface area (Å²) in [5.74, 6) is -1.92. The second-order valence-corrected chi connectivity index (χ2v) is 7.83. The predicted molar refractivity (Wildman–Crippen MR) is 77.6 cm³/mol. The molecule has 4 N–H and O–H groups in total. The number of phosphoric acid groups is 1. The average Bonchev–Trinajstić information content (AvgIpc) is 3.16.